The van der Waals surface area contributed by atoms with Gasteiger partial charge < -0.3 is 0 Å². The van der Waals surface area contributed by atoms with Crippen molar-refractivity contribution >= 4 is 23.2 Å². The third-order valence-electron chi connectivity index (χ3n) is 0.604. The van der Waals surface area contributed by atoms with Crippen molar-refractivity contribution in [2.24, 2.45) is 0 Å². The van der Waals surface area contributed by atoms with Gasteiger partial charge in [-0.3, -0.25) is 0 Å². The first-order valence-electron chi connectivity index (χ1n) is 1.54. The highest BCUT2D eigenvalue weighted by atomic mass is 35.5. The molecule has 0 spiro atoms. The first-order chi connectivity index (χ1) is 2.80. The second-order valence-electron chi connectivity index (χ2n) is 1.03. The van der Waals surface area contributed by atoms with Gasteiger partial charge in [-0.05, 0) is 12.2 Å². The van der Waals surface area contributed by atoms with E-state index < -0.39 is 0 Å². The van der Waals surface area contributed by atoms with Gasteiger partial charge in [-0.1, -0.05) is 23.2 Å². The molecule has 0 unspecified atom stereocenters. The Kier molecular flexibility index (Phi) is 0.904. The summed E-state index contributed by atoms with van der Waals surface area (Å²) in [6.45, 7) is 0. The van der Waals surface area contributed by atoms with E-state index in [9.17, 15) is 0 Å². The summed E-state index contributed by atoms with van der Waals surface area (Å²) in [6.07, 6.45) is 3.51. The molecule has 0 nitrogen and oxygen atoms in total. The predicted octanol–water partition coefficient (Wildman–Crippen LogP) is 2.25. The molecule has 0 saturated heterocycles. The molecule has 0 bridgehead atoms. The lowest BCUT2D eigenvalue weighted by Crippen LogP contribution is -1.77. The van der Waals surface area contributed by atoms with E-state index in [0.29, 0.717) is 10.1 Å². The average molecular weight is 121 g/mol. The molecule has 0 saturated carbocycles. The lowest BCUT2D eigenvalue weighted by molar-refractivity contribution is 1.68. The van der Waals surface area contributed by atoms with Crippen molar-refractivity contribution in [1.29, 1.82) is 0 Å². The average Bonchev–Trinajstić information content (AvgIpc) is 1.61. The van der Waals surface area contributed by atoms with Gasteiger partial charge in [-0.15, -0.1) is 0 Å². The smallest absolute Gasteiger partial charge is 0.0592 e. The molecule has 0 amide bonds. The fraction of sp³-hybridized carbons (Fsp3) is 0. The first kappa shape index (κ1) is 4.23. The zero-order chi connectivity index (χ0) is 4.57. The maximum Gasteiger partial charge on any atom is 0.0592 e. The van der Waals surface area contributed by atoms with Crippen molar-refractivity contribution in [3.63, 3.8) is 0 Å². The summed E-state index contributed by atoms with van der Waals surface area (Å²) in [5.41, 5.74) is 0. The molecule has 0 radical (unpaired) electrons. The molecule has 2 heteroatoms. The number of halogens is 2. The van der Waals surface area contributed by atoms with Crippen LogP contribution in [0.15, 0.2) is 22.2 Å². The molecule has 0 aromatic rings. The van der Waals surface area contributed by atoms with Gasteiger partial charge in [-0.2, -0.15) is 0 Å². The van der Waals surface area contributed by atoms with E-state index in [4.69, 9.17) is 23.2 Å². The summed E-state index contributed by atoms with van der Waals surface area (Å²) in [5.74, 6) is 0. The van der Waals surface area contributed by atoms with Crippen LogP contribution in [0.3, 0.4) is 0 Å². The van der Waals surface area contributed by atoms with Gasteiger partial charge in [-0.25, -0.2) is 0 Å². The van der Waals surface area contributed by atoms with Gasteiger partial charge in [0.15, 0.2) is 0 Å². The normalized spacial score (nSPS) is 18.3. The van der Waals surface area contributed by atoms with Gasteiger partial charge in [0.2, 0.25) is 0 Å². The standard InChI is InChI=1S/C4H2Cl2/c5-3-1-2-4(3)6/h1-2H. The van der Waals surface area contributed by atoms with E-state index in [1.165, 1.54) is 0 Å². The zero-order valence-electron chi connectivity index (χ0n) is 2.91. The third-order valence-corrected chi connectivity index (χ3v) is 1.36. The summed E-state index contributed by atoms with van der Waals surface area (Å²) in [4.78, 5) is 0. The molecule has 32 valence electrons. The topological polar surface area (TPSA) is 0 Å². The molecule has 0 aromatic heterocycles. The SMILES string of the molecule is ClC1=C(Cl)C=C1. The summed E-state index contributed by atoms with van der Waals surface area (Å²) in [6, 6.07) is 0. The van der Waals surface area contributed by atoms with Crippen LogP contribution >= 0.6 is 23.2 Å². The molecule has 1 rings (SSSR count). The molecule has 0 aromatic carbocycles. The summed E-state index contributed by atoms with van der Waals surface area (Å²) in [7, 11) is 0. The van der Waals surface area contributed by atoms with Crippen LogP contribution in [0, 0.1) is 0 Å². The van der Waals surface area contributed by atoms with Crippen LogP contribution in [0.4, 0.5) is 0 Å². The lowest BCUT2D eigenvalue weighted by Gasteiger charge is -1.98. The second kappa shape index (κ2) is 1.28. The summed E-state index contributed by atoms with van der Waals surface area (Å²) in [5, 5.41) is 1.33. The van der Waals surface area contributed by atoms with Crippen LogP contribution in [0.1, 0.15) is 0 Å². The van der Waals surface area contributed by atoms with Crippen molar-refractivity contribution in [1.82, 2.24) is 0 Å². The van der Waals surface area contributed by atoms with Crippen molar-refractivity contribution in [2.45, 2.75) is 0 Å². The molecule has 6 heavy (non-hydrogen) atoms. The van der Waals surface area contributed by atoms with E-state index in [2.05, 4.69) is 0 Å². The Labute approximate surface area is 46.1 Å². The van der Waals surface area contributed by atoms with Gasteiger partial charge in [0, 0.05) is 0 Å². The molecule has 0 heterocycles. The summed E-state index contributed by atoms with van der Waals surface area (Å²) >= 11 is 10.7. The largest absolute Gasteiger partial charge is 0.0827 e. The highest BCUT2D eigenvalue weighted by Gasteiger charge is 2.00. The number of hydrogen-bond acceptors (Lipinski definition) is 0. The van der Waals surface area contributed by atoms with Crippen LogP contribution in [0.25, 0.3) is 0 Å². The van der Waals surface area contributed by atoms with E-state index >= 15 is 0 Å². The van der Waals surface area contributed by atoms with Gasteiger partial charge in [0.25, 0.3) is 0 Å². The quantitative estimate of drug-likeness (QED) is 0.461. The molecule has 0 fully saturated rings. The fourth-order valence-electron chi connectivity index (χ4n) is 0.209. The van der Waals surface area contributed by atoms with Crippen LogP contribution < -0.4 is 0 Å². The molecular weight excluding hydrogens is 119 g/mol. The predicted molar refractivity (Wildman–Crippen MR) is 27.9 cm³/mol. The Hall–Kier alpha value is 0.0600. The van der Waals surface area contributed by atoms with E-state index in [1.54, 1.807) is 12.2 Å². The Balaban J connectivity index is 2.71. The minimum atomic E-state index is 0.664. The number of rotatable bonds is 0. The van der Waals surface area contributed by atoms with Crippen molar-refractivity contribution < 1.29 is 0 Å². The fourth-order valence-corrected chi connectivity index (χ4v) is 0.461. The van der Waals surface area contributed by atoms with Crippen LogP contribution in [0.2, 0.25) is 0 Å². The maximum atomic E-state index is 5.36. The molecule has 0 atom stereocenters. The van der Waals surface area contributed by atoms with Gasteiger partial charge >= 0.3 is 0 Å². The van der Waals surface area contributed by atoms with Gasteiger partial charge in [0.1, 0.15) is 0 Å². The van der Waals surface area contributed by atoms with Crippen LogP contribution in [0.5, 0.6) is 0 Å². The molecule has 1 aliphatic carbocycles. The molecule has 0 aliphatic heterocycles. The van der Waals surface area contributed by atoms with Crippen molar-refractivity contribution in [3.8, 4) is 0 Å². The highest BCUT2D eigenvalue weighted by molar-refractivity contribution is 6.43. The van der Waals surface area contributed by atoms with Crippen LogP contribution in [-0.2, 0) is 0 Å². The van der Waals surface area contributed by atoms with Crippen molar-refractivity contribution in [3.05, 3.63) is 22.2 Å². The van der Waals surface area contributed by atoms with E-state index in [0.717, 1.165) is 0 Å². The van der Waals surface area contributed by atoms with Gasteiger partial charge in [0.05, 0.1) is 10.1 Å². The Bertz CT molecular complexity index is 108. The van der Waals surface area contributed by atoms with E-state index in [-0.39, 0.29) is 0 Å². The Morgan fingerprint density at radius 2 is 1.33 bits per heavy atom. The minimum absolute atomic E-state index is 0.664. The van der Waals surface area contributed by atoms with Crippen molar-refractivity contribution in [2.75, 3.05) is 0 Å². The minimum Gasteiger partial charge on any atom is -0.0827 e. The lowest BCUT2D eigenvalue weighted by atomic mass is 10.3. The maximum absolute atomic E-state index is 5.36. The Morgan fingerprint density at radius 3 is 1.33 bits per heavy atom. The highest BCUT2D eigenvalue weighted by Crippen LogP contribution is 2.24. The Morgan fingerprint density at radius 1 is 1.00 bits per heavy atom. The van der Waals surface area contributed by atoms with E-state index in [1.807, 2.05) is 0 Å². The molecular formula is C4H2Cl2. The molecule has 0 N–H and O–H groups in total. The van der Waals surface area contributed by atoms with Crippen LogP contribution in [-0.4, -0.2) is 0 Å². The number of allylic oxidation sites excluding steroid dienone is 4. The summed E-state index contributed by atoms with van der Waals surface area (Å²) < 4.78 is 0. The zero-order valence-corrected chi connectivity index (χ0v) is 4.42. The monoisotopic (exact) mass is 120 g/mol. The molecule has 1 aliphatic rings. The number of hydrogen-bond donors (Lipinski definition) is 0. The third kappa shape index (κ3) is 0.463. The second-order valence-corrected chi connectivity index (χ2v) is 1.84. The first-order valence-corrected chi connectivity index (χ1v) is 2.29.